The summed E-state index contributed by atoms with van der Waals surface area (Å²) in [6, 6.07) is 18.8. The lowest BCUT2D eigenvalue weighted by atomic mass is 9.95. The van der Waals surface area contributed by atoms with Gasteiger partial charge in [0.2, 0.25) is 5.75 Å². The predicted octanol–water partition coefficient (Wildman–Crippen LogP) is 5.55. The first kappa shape index (κ1) is 32.2. The zero-order chi connectivity index (χ0) is 33.8. The first-order chi connectivity index (χ1) is 22.6. The number of fused-ring (bicyclic) bond motifs is 1. The highest BCUT2D eigenvalue weighted by Gasteiger charge is 2.28. The number of nitrogens with two attached hydrogens (primary N) is 1. The number of methoxy groups -OCH3 is 5. The number of ether oxygens (including phenoxy) is 6. The Morgan fingerprint density at radius 3 is 1.91 bits per heavy atom. The zero-order valence-corrected chi connectivity index (χ0v) is 26.2. The lowest BCUT2D eigenvalue weighted by Gasteiger charge is -2.21. The number of rotatable bonds is 11. The normalized spacial score (nSPS) is 10.7. The van der Waals surface area contributed by atoms with Crippen LogP contribution in [0.4, 0.5) is 11.4 Å². The van der Waals surface area contributed by atoms with Crippen molar-refractivity contribution in [3.63, 3.8) is 0 Å². The quantitative estimate of drug-likeness (QED) is 0.0832. The SMILES string of the molecule is COC(=O)c1c(-c2cc(OC)c(OC)c(OC)c2)c2cc(OC)c(OCc3ccc([N+](=O)[O-])cc3)cc2c(=O)n1-c1ccc(N)cc1. The van der Waals surface area contributed by atoms with Gasteiger partial charge in [-0.2, -0.15) is 0 Å². The average molecular weight is 642 g/mol. The van der Waals surface area contributed by atoms with Crippen LogP contribution in [-0.4, -0.2) is 51.0 Å². The van der Waals surface area contributed by atoms with Crippen LogP contribution in [0.25, 0.3) is 27.6 Å². The van der Waals surface area contributed by atoms with E-state index in [1.807, 2.05) is 0 Å². The number of hydrogen-bond donors (Lipinski definition) is 1. The number of nitrogen functional groups attached to an aromatic ring is 1. The highest BCUT2D eigenvalue weighted by molar-refractivity contribution is 6.08. The van der Waals surface area contributed by atoms with Crippen LogP contribution in [0.1, 0.15) is 16.1 Å². The molecule has 13 nitrogen and oxygen atoms in total. The second-order valence-corrected chi connectivity index (χ2v) is 10.1. The van der Waals surface area contributed by atoms with Crippen molar-refractivity contribution in [3.05, 3.63) is 105 Å². The van der Waals surface area contributed by atoms with E-state index in [1.165, 1.54) is 58.3 Å². The maximum atomic E-state index is 14.4. The van der Waals surface area contributed by atoms with E-state index in [0.717, 1.165) is 0 Å². The number of nitro benzene ring substituents is 1. The highest BCUT2D eigenvalue weighted by Crippen LogP contribution is 2.45. The van der Waals surface area contributed by atoms with Gasteiger partial charge < -0.3 is 34.2 Å². The fourth-order valence-electron chi connectivity index (χ4n) is 5.23. The summed E-state index contributed by atoms with van der Waals surface area (Å²) < 4.78 is 35.0. The van der Waals surface area contributed by atoms with Gasteiger partial charge in [-0.3, -0.25) is 19.5 Å². The molecule has 0 bridgehead atoms. The van der Waals surface area contributed by atoms with Crippen molar-refractivity contribution < 1.29 is 38.1 Å². The molecule has 5 rings (SSSR count). The second-order valence-electron chi connectivity index (χ2n) is 10.1. The molecule has 0 amide bonds. The molecule has 0 atom stereocenters. The fraction of sp³-hybridized carbons (Fsp3) is 0.176. The summed E-state index contributed by atoms with van der Waals surface area (Å²) in [6.07, 6.45) is 0. The van der Waals surface area contributed by atoms with Crippen molar-refractivity contribution >= 4 is 28.1 Å². The van der Waals surface area contributed by atoms with Crippen LogP contribution in [0.5, 0.6) is 28.7 Å². The number of benzene rings is 4. The van der Waals surface area contributed by atoms with Crippen molar-refractivity contribution in [2.45, 2.75) is 6.61 Å². The summed E-state index contributed by atoms with van der Waals surface area (Å²) in [7, 11) is 7.06. The van der Waals surface area contributed by atoms with E-state index >= 15 is 0 Å². The molecule has 0 aliphatic heterocycles. The lowest BCUT2D eigenvalue weighted by Crippen LogP contribution is -2.27. The Kier molecular flexibility index (Phi) is 9.17. The van der Waals surface area contributed by atoms with Gasteiger partial charge in [0.25, 0.3) is 11.2 Å². The van der Waals surface area contributed by atoms with Crippen molar-refractivity contribution in [1.82, 2.24) is 4.57 Å². The number of carbonyl (C=O) groups is 1. The molecule has 1 aromatic heterocycles. The molecule has 47 heavy (non-hydrogen) atoms. The van der Waals surface area contributed by atoms with Crippen molar-refractivity contribution in [2.75, 3.05) is 41.3 Å². The zero-order valence-electron chi connectivity index (χ0n) is 26.2. The number of anilines is 1. The Bertz CT molecular complexity index is 2010. The molecule has 242 valence electrons. The molecule has 0 spiro atoms. The van der Waals surface area contributed by atoms with E-state index in [1.54, 1.807) is 54.6 Å². The maximum Gasteiger partial charge on any atom is 0.355 e. The van der Waals surface area contributed by atoms with E-state index in [4.69, 9.17) is 34.2 Å². The van der Waals surface area contributed by atoms with Crippen LogP contribution >= 0.6 is 0 Å². The third kappa shape index (κ3) is 6.06. The van der Waals surface area contributed by atoms with Gasteiger partial charge in [-0.25, -0.2) is 4.79 Å². The van der Waals surface area contributed by atoms with E-state index < -0.39 is 16.5 Å². The third-order valence-corrected chi connectivity index (χ3v) is 7.49. The second kappa shape index (κ2) is 13.4. The molecule has 1 heterocycles. The summed E-state index contributed by atoms with van der Waals surface area (Å²) in [5, 5.41) is 11.6. The van der Waals surface area contributed by atoms with Crippen LogP contribution < -0.4 is 35.0 Å². The molecule has 0 radical (unpaired) electrons. The van der Waals surface area contributed by atoms with Gasteiger partial charge in [-0.15, -0.1) is 0 Å². The van der Waals surface area contributed by atoms with Crippen molar-refractivity contribution in [3.8, 4) is 45.6 Å². The molecule has 5 aromatic rings. The van der Waals surface area contributed by atoms with Crippen LogP contribution in [0.15, 0.2) is 77.6 Å². The molecule has 0 saturated carbocycles. The number of aromatic nitrogens is 1. The van der Waals surface area contributed by atoms with Crippen molar-refractivity contribution in [1.29, 1.82) is 0 Å². The lowest BCUT2D eigenvalue weighted by molar-refractivity contribution is -0.384. The van der Waals surface area contributed by atoms with Gasteiger partial charge in [0.1, 0.15) is 12.3 Å². The molecular formula is C34H31N3O10. The number of nitro groups is 1. The Morgan fingerprint density at radius 2 is 1.38 bits per heavy atom. The van der Waals surface area contributed by atoms with Gasteiger partial charge in [0, 0.05) is 34.5 Å². The molecule has 0 aliphatic carbocycles. The van der Waals surface area contributed by atoms with Gasteiger partial charge in [-0.1, -0.05) is 0 Å². The van der Waals surface area contributed by atoms with Gasteiger partial charge in [-0.05, 0) is 71.8 Å². The Hall–Kier alpha value is -6.24. The largest absolute Gasteiger partial charge is 0.493 e. The summed E-state index contributed by atoms with van der Waals surface area (Å²) in [5.74, 6) is 0.641. The summed E-state index contributed by atoms with van der Waals surface area (Å²) in [6.45, 7) is 0.0198. The average Bonchev–Trinajstić information content (AvgIpc) is 3.09. The summed E-state index contributed by atoms with van der Waals surface area (Å²) in [4.78, 5) is 38.6. The Balaban J connectivity index is 1.84. The molecule has 0 fully saturated rings. The number of hydrogen-bond acceptors (Lipinski definition) is 11. The maximum absolute atomic E-state index is 14.4. The number of nitrogens with zero attached hydrogens (tertiary/aromatic N) is 2. The molecule has 13 heteroatoms. The van der Waals surface area contributed by atoms with E-state index in [2.05, 4.69) is 0 Å². The van der Waals surface area contributed by atoms with E-state index in [-0.39, 0.29) is 34.9 Å². The number of esters is 1. The standard InChI is InChI=1S/C34H31N3O10/c1-42-26-16-24-25(17-27(26)47-18-19-6-10-23(11-7-19)37(40)41)33(38)36(22-12-8-21(35)9-13-22)31(34(39)46-5)30(24)20-14-28(43-2)32(45-4)29(15-20)44-3/h6-17H,18,35H2,1-5H3. The topological polar surface area (TPSA) is 164 Å². The van der Waals surface area contributed by atoms with E-state index in [0.29, 0.717) is 50.7 Å². The first-order valence-electron chi connectivity index (χ1n) is 14.1. The number of non-ortho nitro benzene ring substituents is 1. The molecular weight excluding hydrogens is 610 g/mol. The third-order valence-electron chi connectivity index (χ3n) is 7.49. The van der Waals surface area contributed by atoms with Crippen molar-refractivity contribution in [2.24, 2.45) is 0 Å². The van der Waals surface area contributed by atoms with Crippen LogP contribution in [0.3, 0.4) is 0 Å². The minimum Gasteiger partial charge on any atom is -0.493 e. The minimum absolute atomic E-state index is 0.0198. The smallest absolute Gasteiger partial charge is 0.355 e. The molecule has 0 aliphatic rings. The van der Waals surface area contributed by atoms with Crippen LogP contribution in [-0.2, 0) is 11.3 Å². The number of carbonyl (C=O) groups excluding carboxylic acids is 1. The fourth-order valence-corrected chi connectivity index (χ4v) is 5.23. The van der Waals surface area contributed by atoms with Gasteiger partial charge in [0.05, 0.1) is 45.9 Å². The summed E-state index contributed by atoms with van der Waals surface area (Å²) in [5.41, 5.74) is 7.47. The van der Waals surface area contributed by atoms with Gasteiger partial charge >= 0.3 is 5.97 Å². The molecule has 4 aromatic carbocycles. The molecule has 2 N–H and O–H groups in total. The Labute approximate surface area is 268 Å². The Morgan fingerprint density at radius 1 is 0.787 bits per heavy atom. The minimum atomic E-state index is -0.790. The molecule has 0 saturated heterocycles. The summed E-state index contributed by atoms with van der Waals surface area (Å²) >= 11 is 0. The molecule has 0 unspecified atom stereocenters. The van der Waals surface area contributed by atoms with Crippen LogP contribution in [0.2, 0.25) is 0 Å². The monoisotopic (exact) mass is 641 g/mol. The highest BCUT2D eigenvalue weighted by atomic mass is 16.6. The van der Waals surface area contributed by atoms with E-state index in [9.17, 15) is 19.7 Å². The number of pyridine rings is 1. The first-order valence-corrected chi connectivity index (χ1v) is 14.1. The van der Waals surface area contributed by atoms with Crippen LogP contribution in [0, 0.1) is 10.1 Å². The predicted molar refractivity (Wildman–Crippen MR) is 174 cm³/mol. The van der Waals surface area contributed by atoms with Gasteiger partial charge in [0.15, 0.2) is 23.0 Å².